The van der Waals surface area contributed by atoms with Crippen LogP contribution in [0.4, 0.5) is 0 Å². The van der Waals surface area contributed by atoms with Gasteiger partial charge in [0, 0.05) is 17.2 Å². The number of hydrogen-bond acceptors (Lipinski definition) is 2. The molecule has 19 heavy (non-hydrogen) atoms. The molecular weight excluding hydrogens is 236 g/mol. The Labute approximate surface area is 115 Å². The van der Waals surface area contributed by atoms with E-state index >= 15 is 0 Å². The van der Waals surface area contributed by atoms with E-state index in [2.05, 4.69) is 24.1 Å². The Hall–Kier alpha value is -1.79. The first-order valence-electron chi connectivity index (χ1n) is 6.69. The van der Waals surface area contributed by atoms with E-state index in [9.17, 15) is 4.79 Å². The summed E-state index contributed by atoms with van der Waals surface area (Å²) in [6.07, 6.45) is 2.04. The van der Waals surface area contributed by atoms with Crippen molar-refractivity contribution >= 4 is 5.91 Å². The van der Waals surface area contributed by atoms with Gasteiger partial charge in [0.05, 0.1) is 6.54 Å². The summed E-state index contributed by atoms with van der Waals surface area (Å²) >= 11 is 0. The summed E-state index contributed by atoms with van der Waals surface area (Å²) in [5.74, 6) is 5.78. The van der Waals surface area contributed by atoms with Crippen molar-refractivity contribution in [1.82, 2.24) is 5.32 Å². The van der Waals surface area contributed by atoms with E-state index in [4.69, 9.17) is 5.73 Å². The Balaban J connectivity index is 2.92. The predicted molar refractivity (Wildman–Crippen MR) is 78.9 cm³/mol. The molecule has 0 saturated carbocycles. The van der Waals surface area contributed by atoms with E-state index in [0.29, 0.717) is 12.1 Å². The fraction of sp³-hybridized carbons (Fsp3) is 0.438. The molecule has 1 aromatic carbocycles. The monoisotopic (exact) mass is 258 g/mol. The van der Waals surface area contributed by atoms with Gasteiger partial charge in [-0.05, 0) is 38.0 Å². The number of amides is 1. The van der Waals surface area contributed by atoms with Gasteiger partial charge in [-0.3, -0.25) is 4.79 Å². The summed E-state index contributed by atoms with van der Waals surface area (Å²) < 4.78 is 0. The van der Waals surface area contributed by atoms with Crippen LogP contribution in [-0.2, 0) is 0 Å². The van der Waals surface area contributed by atoms with Gasteiger partial charge in [0.2, 0.25) is 0 Å². The summed E-state index contributed by atoms with van der Waals surface area (Å²) in [6, 6.07) is 5.78. The zero-order valence-corrected chi connectivity index (χ0v) is 11.9. The minimum Gasteiger partial charge on any atom is -0.350 e. The highest BCUT2D eigenvalue weighted by atomic mass is 16.1. The summed E-state index contributed by atoms with van der Waals surface area (Å²) in [7, 11) is 0. The van der Waals surface area contributed by atoms with Crippen LogP contribution in [0.15, 0.2) is 18.2 Å². The van der Waals surface area contributed by atoms with Gasteiger partial charge in [0.25, 0.3) is 5.91 Å². The third-order valence-electron chi connectivity index (χ3n) is 3.00. The van der Waals surface area contributed by atoms with Crippen LogP contribution in [0.25, 0.3) is 0 Å². The van der Waals surface area contributed by atoms with Crippen LogP contribution in [-0.4, -0.2) is 18.5 Å². The van der Waals surface area contributed by atoms with Gasteiger partial charge in [-0.15, -0.1) is 0 Å². The Morgan fingerprint density at radius 3 is 2.84 bits per heavy atom. The van der Waals surface area contributed by atoms with E-state index in [1.165, 1.54) is 0 Å². The lowest BCUT2D eigenvalue weighted by molar-refractivity contribution is 0.0937. The van der Waals surface area contributed by atoms with E-state index < -0.39 is 0 Å². The zero-order valence-electron chi connectivity index (χ0n) is 11.9. The van der Waals surface area contributed by atoms with Gasteiger partial charge < -0.3 is 11.1 Å². The molecule has 0 spiro atoms. The van der Waals surface area contributed by atoms with Crippen molar-refractivity contribution in [3.05, 3.63) is 34.9 Å². The fourth-order valence-corrected chi connectivity index (χ4v) is 1.97. The normalized spacial score (nSPS) is 11.4. The van der Waals surface area contributed by atoms with Gasteiger partial charge in [0.1, 0.15) is 0 Å². The first-order chi connectivity index (χ1) is 9.10. The second-order valence-electron chi connectivity index (χ2n) is 4.65. The molecule has 0 heterocycles. The summed E-state index contributed by atoms with van der Waals surface area (Å²) in [6.45, 7) is 6.37. The van der Waals surface area contributed by atoms with Crippen LogP contribution in [0.5, 0.6) is 0 Å². The Kier molecular flexibility index (Phi) is 6.11. The average molecular weight is 258 g/mol. The van der Waals surface area contributed by atoms with Crippen LogP contribution < -0.4 is 11.1 Å². The van der Waals surface area contributed by atoms with Crippen molar-refractivity contribution in [3.8, 4) is 11.8 Å². The molecule has 0 fully saturated rings. The highest BCUT2D eigenvalue weighted by Gasteiger charge is 2.12. The number of carbonyl (C=O) groups excluding carboxylic acids is 1. The second-order valence-corrected chi connectivity index (χ2v) is 4.65. The molecule has 1 atom stereocenters. The molecule has 0 aliphatic rings. The summed E-state index contributed by atoms with van der Waals surface area (Å²) in [5.41, 5.74) is 7.83. The topological polar surface area (TPSA) is 55.1 Å². The summed E-state index contributed by atoms with van der Waals surface area (Å²) in [5, 5.41) is 3.01. The lowest BCUT2D eigenvalue weighted by Crippen LogP contribution is -2.32. The van der Waals surface area contributed by atoms with Crippen molar-refractivity contribution in [1.29, 1.82) is 0 Å². The number of rotatable bonds is 4. The maximum absolute atomic E-state index is 12.2. The van der Waals surface area contributed by atoms with E-state index in [1.807, 2.05) is 32.0 Å². The van der Waals surface area contributed by atoms with Crippen LogP contribution in [0, 0.1) is 18.8 Å². The van der Waals surface area contributed by atoms with Gasteiger partial charge in [-0.25, -0.2) is 0 Å². The molecule has 1 amide bonds. The van der Waals surface area contributed by atoms with Crippen molar-refractivity contribution in [2.75, 3.05) is 6.54 Å². The minimum absolute atomic E-state index is 0.0325. The molecule has 3 heteroatoms. The molecule has 0 saturated heterocycles. The first kappa shape index (κ1) is 15.3. The molecule has 3 N–H and O–H groups in total. The Morgan fingerprint density at radius 1 is 1.47 bits per heavy atom. The lowest BCUT2D eigenvalue weighted by Gasteiger charge is -2.14. The minimum atomic E-state index is -0.0325. The highest BCUT2D eigenvalue weighted by Crippen LogP contribution is 2.13. The number of nitrogens with one attached hydrogen (secondary N) is 1. The largest absolute Gasteiger partial charge is 0.350 e. The van der Waals surface area contributed by atoms with Crippen molar-refractivity contribution in [2.45, 2.75) is 39.7 Å². The number of hydrogen-bond donors (Lipinski definition) is 2. The van der Waals surface area contributed by atoms with Crippen molar-refractivity contribution in [3.63, 3.8) is 0 Å². The van der Waals surface area contributed by atoms with Crippen molar-refractivity contribution in [2.24, 2.45) is 5.73 Å². The van der Waals surface area contributed by atoms with E-state index in [0.717, 1.165) is 24.0 Å². The van der Waals surface area contributed by atoms with E-state index in [1.54, 1.807) is 0 Å². The molecule has 102 valence electrons. The molecule has 0 aromatic heterocycles. The van der Waals surface area contributed by atoms with Gasteiger partial charge in [-0.2, -0.15) is 0 Å². The third-order valence-corrected chi connectivity index (χ3v) is 3.00. The van der Waals surface area contributed by atoms with Gasteiger partial charge >= 0.3 is 0 Å². The van der Waals surface area contributed by atoms with E-state index in [-0.39, 0.29) is 11.9 Å². The molecule has 0 bridgehead atoms. The maximum atomic E-state index is 12.2. The second kappa shape index (κ2) is 7.60. The molecule has 1 rings (SSSR count). The fourth-order valence-electron chi connectivity index (χ4n) is 1.97. The SMILES string of the molecule is CCCC(C)NC(=O)c1cccc(C#CCN)c1C. The number of carbonyl (C=O) groups is 1. The zero-order chi connectivity index (χ0) is 14.3. The van der Waals surface area contributed by atoms with Crippen molar-refractivity contribution < 1.29 is 4.79 Å². The smallest absolute Gasteiger partial charge is 0.251 e. The third kappa shape index (κ3) is 4.42. The quantitative estimate of drug-likeness (QED) is 0.814. The Bertz CT molecular complexity index is 497. The maximum Gasteiger partial charge on any atom is 0.251 e. The molecule has 0 aliphatic carbocycles. The van der Waals surface area contributed by atoms with Crippen LogP contribution in [0.3, 0.4) is 0 Å². The number of benzene rings is 1. The molecule has 1 unspecified atom stereocenters. The molecule has 0 radical (unpaired) electrons. The number of nitrogens with two attached hydrogens (primary N) is 1. The lowest BCUT2D eigenvalue weighted by atomic mass is 10.0. The predicted octanol–water partition coefficient (Wildman–Crippen LogP) is 2.22. The first-order valence-corrected chi connectivity index (χ1v) is 6.69. The van der Waals surface area contributed by atoms with Gasteiger partial charge in [0.15, 0.2) is 0 Å². The van der Waals surface area contributed by atoms with Crippen LogP contribution in [0.1, 0.15) is 48.2 Å². The Morgan fingerprint density at radius 2 is 2.21 bits per heavy atom. The summed E-state index contributed by atoms with van der Waals surface area (Å²) in [4.78, 5) is 12.2. The molecule has 0 aliphatic heterocycles. The van der Waals surface area contributed by atoms with Crippen LogP contribution in [0.2, 0.25) is 0 Å². The average Bonchev–Trinajstić information content (AvgIpc) is 2.37. The van der Waals surface area contributed by atoms with Crippen LogP contribution >= 0.6 is 0 Å². The highest BCUT2D eigenvalue weighted by molar-refractivity contribution is 5.96. The molecule has 3 nitrogen and oxygen atoms in total. The van der Waals surface area contributed by atoms with Gasteiger partial charge in [-0.1, -0.05) is 31.3 Å². The molecule has 1 aromatic rings. The molecular formula is C16H22N2O. The standard InChI is InChI=1S/C16H22N2O/c1-4-7-12(2)18-16(19)15-10-5-8-14(13(15)3)9-6-11-17/h5,8,10,12H,4,7,11,17H2,1-3H3,(H,18,19).